The first-order chi connectivity index (χ1) is 13.1. The summed E-state index contributed by atoms with van der Waals surface area (Å²) in [7, 11) is 3.54. The van der Waals surface area contributed by atoms with E-state index < -0.39 is 0 Å². The van der Waals surface area contributed by atoms with E-state index in [0.29, 0.717) is 12.4 Å². The second-order valence-electron chi connectivity index (χ2n) is 7.33. The van der Waals surface area contributed by atoms with Gasteiger partial charge in [-0.3, -0.25) is 4.68 Å². The summed E-state index contributed by atoms with van der Waals surface area (Å²) >= 11 is 0. The molecule has 0 amide bonds. The SMILES string of the molecule is COCc1nc(N2CCC[C@H](c3nc(C(C)C)no3)C2)c2cnn(C)c2n1. The molecular formula is C18H25N7O2. The van der Waals surface area contributed by atoms with Gasteiger partial charge in [-0.15, -0.1) is 0 Å². The van der Waals surface area contributed by atoms with Crippen LogP contribution in [0.3, 0.4) is 0 Å². The summed E-state index contributed by atoms with van der Waals surface area (Å²) in [6.07, 6.45) is 3.90. The Hall–Kier alpha value is -2.55. The Balaban J connectivity index is 1.66. The Morgan fingerprint density at radius 2 is 2.15 bits per heavy atom. The van der Waals surface area contributed by atoms with E-state index in [1.54, 1.807) is 11.8 Å². The van der Waals surface area contributed by atoms with Crippen molar-refractivity contribution < 1.29 is 9.26 Å². The zero-order valence-electron chi connectivity index (χ0n) is 16.2. The van der Waals surface area contributed by atoms with Crippen molar-refractivity contribution in [3.63, 3.8) is 0 Å². The van der Waals surface area contributed by atoms with Crippen molar-refractivity contribution >= 4 is 16.9 Å². The summed E-state index contributed by atoms with van der Waals surface area (Å²) in [5.41, 5.74) is 0.814. The smallest absolute Gasteiger partial charge is 0.231 e. The summed E-state index contributed by atoms with van der Waals surface area (Å²) in [6.45, 7) is 6.22. The number of hydrogen-bond acceptors (Lipinski definition) is 8. The summed E-state index contributed by atoms with van der Waals surface area (Å²) in [5, 5.41) is 9.43. The maximum Gasteiger partial charge on any atom is 0.231 e. The topological polar surface area (TPSA) is 95.0 Å². The molecule has 9 heteroatoms. The molecule has 0 aromatic carbocycles. The molecule has 9 nitrogen and oxygen atoms in total. The van der Waals surface area contributed by atoms with Gasteiger partial charge in [-0.2, -0.15) is 10.1 Å². The number of piperidine rings is 1. The lowest BCUT2D eigenvalue weighted by atomic mass is 9.97. The van der Waals surface area contributed by atoms with Crippen molar-refractivity contribution in [2.75, 3.05) is 25.1 Å². The van der Waals surface area contributed by atoms with E-state index in [4.69, 9.17) is 14.2 Å². The molecule has 4 heterocycles. The van der Waals surface area contributed by atoms with E-state index in [0.717, 1.165) is 54.5 Å². The van der Waals surface area contributed by atoms with Gasteiger partial charge in [0.05, 0.1) is 17.5 Å². The Labute approximate surface area is 157 Å². The van der Waals surface area contributed by atoms with Crippen molar-refractivity contribution in [2.45, 2.75) is 45.1 Å². The van der Waals surface area contributed by atoms with Crippen LogP contribution in [0, 0.1) is 0 Å². The molecule has 144 valence electrons. The quantitative estimate of drug-likeness (QED) is 0.675. The van der Waals surface area contributed by atoms with Crippen LogP contribution in [-0.2, 0) is 18.4 Å². The number of anilines is 1. The first kappa shape index (κ1) is 17.8. The van der Waals surface area contributed by atoms with E-state index in [1.807, 2.05) is 13.2 Å². The van der Waals surface area contributed by atoms with Crippen molar-refractivity contribution in [3.8, 4) is 0 Å². The Morgan fingerprint density at radius 1 is 1.30 bits per heavy atom. The predicted octanol–water partition coefficient (Wildman–Crippen LogP) is 2.40. The van der Waals surface area contributed by atoms with E-state index in [-0.39, 0.29) is 11.8 Å². The van der Waals surface area contributed by atoms with Crippen LogP contribution in [0.1, 0.15) is 56.1 Å². The van der Waals surface area contributed by atoms with E-state index in [9.17, 15) is 0 Å². The van der Waals surface area contributed by atoms with Gasteiger partial charge in [0.15, 0.2) is 17.3 Å². The number of nitrogens with zero attached hydrogens (tertiary/aromatic N) is 7. The lowest BCUT2D eigenvalue weighted by Gasteiger charge is -2.32. The average Bonchev–Trinajstić information content (AvgIpc) is 3.30. The fraction of sp³-hybridized carbons (Fsp3) is 0.611. The molecule has 4 rings (SSSR count). The van der Waals surface area contributed by atoms with Gasteiger partial charge in [-0.25, -0.2) is 9.97 Å². The van der Waals surface area contributed by atoms with Crippen LogP contribution in [0.15, 0.2) is 10.7 Å². The molecule has 0 unspecified atom stereocenters. The van der Waals surface area contributed by atoms with Gasteiger partial charge in [-0.05, 0) is 12.8 Å². The highest BCUT2D eigenvalue weighted by atomic mass is 16.5. The molecule has 1 aliphatic rings. The molecule has 3 aromatic rings. The number of aromatic nitrogens is 6. The average molecular weight is 371 g/mol. The Bertz CT molecular complexity index is 933. The van der Waals surface area contributed by atoms with Crippen LogP contribution < -0.4 is 4.90 Å². The third kappa shape index (κ3) is 3.39. The molecule has 0 bridgehead atoms. The minimum atomic E-state index is 0.200. The highest BCUT2D eigenvalue weighted by Crippen LogP contribution is 2.32. The molecule has 0 spiro atoms. The van der Waals surface area contributed by atoms with Crippen LogP contribution in [0.2, 0.25) is 0 Å². The van der Waals surface area contributed by atoms with E-state index in [1.165, 1.54) is 0 Å². The summed E-state index contributed by atoms with van der Waals surface area (Å²) in [4.78, 5) is 16.2. The number of fused-ring (bicyclic) bond motifs is 1. The fourth-order valence-corrected chi connectivity index (χ4v) is 3.50. The minimum absolute atomic E-state index is 0.200. The third-order valence-electron chi connectivity index (χ3n) is 4.94. The Kier molecular flexibility index (Phi) is 4.77. The zero-order valence-corrected chi connectivity index (χ0v) is 16.2. The standard InChI is InChI=1S/C18H25N7O2/c1-11(2)15-22-18(27-23-15)12-6-5-7-25(9-12)17-13-8-19-24(3)16(13)20-14(21-17)10-26-4/h8,11-12H,5-7,9-10H2,1-4H3/t12-/m0/s1. The lowest BCUT2D eigenvalue weighted by molar-refractivity contribution is 0.178. The number of rotatable bonds is 5. The molecule has 1 fully saturated rings. The molecule has 1 saturated heterocycles. The van der Waals surface area contributed by atoms with Crippen molar-refractivity contribution in [1.29, 1.82) is 0 Å². The van der Waals surface area contributed by atoms with Crippen molar-refractivity contribution in [3.05, 3.63) is 23.7 Å². The van der Waals surface area contributed by atoms with Crippen LogP contribution in [0.25, 0.3) is 11.0 Å². The van der Waals surface area contributed by atoms with E-state index >= 15 is 0 Å². The zero-order chi connectivity index (χ0) is 19.0. The van der Waals surface area contributed by atoms with Crippen LogP contribution >= 0.6 is 0 Å². The molecule has 1 atom stereocenters. The number of methoxy groups -OCH3 is 1. The maximum absolute atomic E-state index is 5.55. The molecule has 1 aliphatic heterocycles. The number of hydrogen-bond donors (Lipinski definition) is 0. The Morgan fingerprint density at radius 3 is 2.89 bits per heavy atom. The molecule has 0 aliphatic carbocycles. The minimum Gasteiger partial charge on any atom is -0.377 e. The first-order valence-electron chi connectivity index (χ1n) is 9.32. The molecule has 3 aromatic heterocycles. The summed E-state index contributed by atoms with van der Waals surface area (Å²) in [6, 6.07) is 0. The highest BCUT2D eigenvalue weighted by Gasteiger charge is 2.29. The second-order valence-corrected chi connectivity index (χ2v) is 7.33. The summed E-state index contributed by atoms with van der Waals surface area (Å²) in [5.74, 6) is 3.50. The van der Waals surface area contributed by atoms with Crippen LogP contribution in [0.5, 0.6) is 0 Å². The van der Waals surface area contributed by atoms with Crippen LogP contribution in [-0.4, -0.2) is 50.1 Å². The van der Waals surface area contributed by atoms with Gasteiger partial charge >= 0.3 is 0 Å². The van der Waals surface area contributed by atoms with Crippen molar-refractivity contribution in [1.82, 2.24) is 29.9 Å². The highest BCUT2D eigenvalue weighted by molar-refractivity contribution is 5.87. The predicted molar refractivity (Wildman–Crippen MR) is 99.6 cm³/mol. The van der Waals surface area contributed by atoms with E-state index in [2.05, 4.69) is 39.0 Å². The van der Waals surface area contributed by atoms with Gasteiger partial charge in [0, 0.05) is 33.2 Å². The largest absolute Gasteiger partial charge is 0.377 e. The molecule has 0 radical (unpaired) electrons. The normalized spacial score (nSPS) is 18.0. The van der Waals surface area contributed by atoms with Gasteiger partial charge in [0.25, 0.3) is 0 Å². The second kappa shape index (κ2) is 7.22. The maximum atomic E-state index is 5.55. The monoisotopic (exact) mass is 371 g/mol. The van der Waals surface area contributed by atoms with Gasteiger partial charge in [0.1, 0.15) is 12.4 Å². The van der Waals surface area contributed by atoms with Gasteiger partial charge in [-0.1, -0.05) is 19.0 Å². The molecular weight excluding hydrogens is 346 g/mol. The molecule has 0 saturated carbocycles. The molecule has 0 N–H and O–H groups in total. The first-order valence-corrected chi connectivity index (χ1v) is 9.32. The fourth-order valence-electron chi connectivity index (χ4n) is 3.50. The van der Waals surface area contributed by atoms with Crippen LogP contribution in [0.4, 0.5) is 5.82 Å². The lowest BCUT2D eigenvalue weighted by Crippen LogP contribution is -2.35. The summed E-state index contributed by atoms with van der Waals surface area (Å²) < 4.78 is 12.6. The van der Waals surface area contributed by atoms with Gasteiger partial charge < -0.3 is 14.2 Å². The number of ether oxygens (including phenoxy) is 1. The van der Waals surface area contributed by atoms with Gasteiger partial charge in [0.2, 0.25) is 5.89 Å². The molecule has 27 heavy (non-hydrogen) atoms. The van der Waals surface area contributed by atoms with Crippen molar-refractivity contribution in [2.24, 2.45) is 7.05 Å². The number of aryl methyl sites for hydroxylation is 1. The third-order valence-corrected chi connectivity index (χ3v) is 4.94.